The third kappa shape index (κ3) is 3.19. The van der Waals surface area contributed by atoms with Crippen LogP contribution in [0.2, 0.25) is 0 Å². The van der Waals surface area contributed by atoms with Gasteiger partial charge in [-0.2, -0.15) is 0 Å². The van der Waals surface area contributed by atoms with Gasteiger partial charge in [-0.1, -0.05) is 25.1 Å². The topological polar surface area (TPSA) is 80.9 Å². The minimum atomic E-state index is -0.203. The van der Waals surface area contributed by atoms with Crippen molar-refractivity contribution in [3.63, 3.8) is 0 Å². The van der Waals surface area contributed by atoms with Crippen LogP contribution in [-0.4, -0.2) is 15.9 Å². The Bertz CT molecular complexity index is 861. The summed E-state index contributed by atoms with van der Waals surface area (Å²) in [6.45, 7) is 2.39. The number of fused-ring (bicyclic) bond motifs is 1. The summed E-state index contributed by atoms with van der Waals surface area (Å²) in [6, 6.07) is 11.4. The first-order valence-corrected chi connectivity index (χ1v) is 7.55. The van der Waals surface area contributed by atoms with Crippen LogP contribution < -0.4 is 11.1 Å². The highest BCUT2D eigenvalue weighted by Gasteiger charge is 2.11. The van der Waals surface area contributed by atoms with E-state index in [0.29, 0.717) is 12.1 Å². The number of aromatic nitrogens is 2. The van der Waals surface area contributed by atoms with E-state index < -0.39 is 0 Å². The summed E-state index contributed by atoms with van der Waals surface area (Å²) in [7, 11) is 0. The molecule has 5 heteroatoms. The summed E-state index contributed by atoms with van der Waals surface area (Å²) in [5.74, 6) is -0.203. The molecule has 0 saturated heterocycles. The molecule has 23 heavy (non-hydrogen) atoms. The maximum Gasteiger partial charge on any atom is 0.257 e. The number of aryl methyl sites for hydroxylation is 1. The molecule has 0 spiro atoms. The number of anilines is 1. The summed E-state index contributed by atoms with van der Waals surface area (Å²) in [5.41, 5.74) is 9.49. The summed E-state index contributed by atoms with van der Waals surface area (Å²) < 4.78 is 0. The summed E-state index contributed by atoms with van der Waals surface area (Å²) in [4.78, 5) is 21.2. The van der Waals surface area contributed by atoms with E-state index in [2.05, 4.69) is 15.3 Å². The molecule has 0 bridgehead atoms. The molecule has 2 heterocycles. The van der Waals surface area contributed by atoms with Crippen LogP contribution in [0, 0.1) is 0 Å². The highest BCUT2D eigenvalue weighted by Crippen LogP contribution is 2.24. The molecule has 0 aliphatic carbocycles. The van der Waals surface area contributed by atoms with Crippen LogP contribution in [0.15, 0.2) is 48.8 Å². The van der Waals surface area contributed by atoms with E-state index in [4.69, 9.17) is 5.73 Å². The minimum Gasteiger partial charge on any atom is -0.326 e. The molecule has 1 amide bonds. The summed E-state index contributed by atoms with van der Waals surface area (Å²) in [5, 5.41) is 3.89. The number of nitrogens with zero attached hydrogens (tertiary/aromatic N) is 2. The van der Waals surface area contributed by atoms with Gasteiger partial charge in [0, 0.05) is 30.0 Å². The number of carbonyl (C=O) groups is 1. The van der Waals surface area contributed by atoms with Crippen LogP contribution in [-0.2, 0) is 13.0 Å². The molecule has 116 valence electrons. The smallest absolute Gasteiger partial charge is 0.257 e. The standard InChI is InChI=1S/C18H18N4O/c1-2-14-8-17(15-5-3-4-6-16(15)21-14)22-18(23)13-7-12(9-19)10-20-11-13/h3-8,10-11H,2,9,19H2,1H3,(H,21,22,23). The molecule has 0 radical (unpaired) electrons. The van der Waals surface area contributed by atoms with Gasteiger partial charge in [0.15, 0.2) is 0 Å². The first kappa shape index (κ1) is 15.1. The van der Waals surface area contributed by atoms with E-state index in [1.165, 1.54) is 0 Å². The summed E-state index contributed by atoms with van der Waals surface area (Å²) in [6.07, 6.45) is 4.00. The quantitative estimate of drug-likeness (QED) is 0.776. The summed E-state index contributed by atoms with van der Waals surface area (Å²) >= 11 is 0. The van der Waals surface area contributed by atoms with Crippen molar-refractivity contribution in [1.29, 1.82) is 0 Å². The molecule has 0 saturated carbocycles. The van der Waals surface area contributed by atoms with Gasteiger partial charge in [0.1, 0.15) is 0 Å². The molecule has 0 aliphatic rings. The highest BCUT2D eigenvalue weighted by molar-refractivity contribution is 6.08. The van der Waals surface area contributed by atoms with E-state index in [1.54, 1.807) is 18.5 Å². The lowest BCUT2D eigenvalue weighted by Gasteiger charge is -2.11. The van der Waals surface area contributed by atoms with Crippen LogP contribution in [0.4, 0.5) is 5.69 Å². The fraction of sp³-hybridized carbons (Fsp3) is 0.167. The van der Waals surface area contributed by atoms with E-state index >= 15 is 0 Å². The Balaban J connectivity index is 1.98. The SMILES string of the molecule is CCc1cc(NC(=O)c2cncc(CN)c2)c2ccccc2n1. The van der Waals surface area contributed by atoms with Gasteiger partial charge >= 0.3 is 0 Å². The first-order chi connectivity index (χ1) is 11.2. The maximum atomic E-state index is 12.5. The largest absolute Gasteiger partial charge is 0.326 e. The molecule has 0 aliphatic heterocycles. The van der Waals surface area contributed by atoms with Crippen molar-refractivity contribution in [1.82, 2.24) is 9.97 Å². The monoisotopic (exact) mass is 306 g/mol. The predicted molar refractivity (Wildman–Crippen MR) is 91.2 cm³/mol. The molecule has 0 unspecified atom stereocenters. The Morgan fingerprint density at radius 3 is 2.83 bits per heavy atom. The lowest BCUT2D eigenvalue weighted by atomic mass is 10.1. The number of carbonyl (C=O) groups excluding carboxylic acids is 1. The first-order valence-electron chi connectivity index (χ1n) is 7.55. The van der Waals surface area contributed by atoms with Gasteiger partial charge in [-0.15, -0.1) is 0 Å². The zero-order valence-electron chi connectivity index (χ0n) is 12.9. The Labute approximate surface area is 134 Å². The van der Waals surface area contributed by atoms with Crippen molar-refractivity contribution >= 4 is 22.5 Å². The van der Waals surface area contributed by atoms with Crippen LogP contribution in [0.5, 0.6) is 0 Å². The van der Waals surface area contributed by atoms with Gasteiger partial charge in [-0.25, -0.2) is 0 Å². The molecule has 5 nitrogen and oxygen atoms in total. The third-order valence-electron chi connectivity index (χ3n) is 3.67. The number of hydrogen-bond donors (Lipinski definition) is 2. The Kier molecular flexibility index (Phi) is 4.30. The van der Waals surface area contributed by atoms with Crippen molar-refractivity contribution in [3.05, 3.63) is 65.6 Å². The Morgan fingerprint density at radius 1 is 1.22 bits per heavy atom. The normalized spacial score (nSPS) is 10.7. The van der Waals surface area contributed by atoms with E-state index in [1.807, 2.05) is 37.3 Å². The van der Waals surface area contributed by atoms with Crippen LogP contribution in [0.3, 0.4) is 0 Å². The molecule has 0 atom stereocenters. The average Bonchev–Trinajstić information content (AvgIpc) is 2.61. The maximum absolute atomic E-state index is 12.5. The van der Waals surface area contributed by atoms with E-state index in [9.17, 15) is 4.79 Å². The van der Waals surface area contributed by atoms with Crippen molar-refractivity contribution < 1.29 is 4.79 Å². The molecule has 3 rings (SSSR count). The highest BCUT2D eigenvalue weighted by atomic mass is 16.1. The van der Waals surface area contributed by atoms with Crippen molar-refractivity contribution in [2.45, 2.75) is 19.9 Å². The van der Waals surface area contributed by atoms with Crippen molar-refractivity contribution in [2.24, 2.45) is 5.73 Å². The fourth-order valence-corrected chi connectivity index (χ4v) is 2.43. The number of rotatable bonds is 4. The molecule has 0 fully saturated rings. The number of amides is 1. The van der Waals surface area contributed by atoms with Gasteiger partial charge in [-0.3, -0.25) is 14.8 Å². The molecule has 1 aromatic carbocycles. The second-order valence-electron chi connectivity index (χ2n) is 5.27. The predicted octanol–water partition coefficient (Wildman–Crippen LogP) is 2.90. The number of para-hydroxylation sites is 1. The molecule has 3 N–H and O–H groups in total. The number of benzene rings is 1. The lowest BCUT2D eigenvalue weighted by molar-refractivity contribution is 0.102. The Hall–Kier alpha value is -2.79. The van der Waals surface area contributed by atoms with Crippen LogP contribution >= 0.6 is 0 Å². The van der Waals surface area contributed by atoms with E-state index in [0.717, 1.165) is 34.3 Å². The van der Waals surface area contributed by atoms with Gasteiger partial charge < -0.3 is 11.1 Å². The van der Waals surface area contributed by atoms with Gasteiger partial charge in [-0.05, 0) is 30.2 Å². The molecular formula is C18H18N4O. The number of nitrogens with one attached hydrogen (secondary N) is 1. The van der Waals surface area contributed by atoms with Crippen molar-refractivity contribution in [3.8, 4) is 0 Å². The van der Waals surface area contributed by atoms with Gasteiger partial charge in [0.25, 0.3) is 5.91 Å². The third-order valence-corrected chi connectivity index (χ3v) is 3.67. The zero-order valence-corrected chi connectivity index (χ0v) is 12.9. The number of pyridine rings is 2. The molecule has 3 aromatic rings. The second-order valence-corrected chi connectivity index (χ2v) is 5.27. The van der Waals surface area contributed by atoms with Crippen LogP contribution in [0.25, 0.3) is 10.9 Å². The Morgan fingerprint density at radius 2 is 2.04 bits per heavy atom. The minimum absolute atomic E-state index is 0.203. The number of hydrogen-bond acceptors (Lipinski definition) is 4. The average molecular weight is 306 g/mol. The van der Waals surface area contributed by atoms with Crippen LogP contribution in [0.1, 0.15) is 28.5 Å². The fourth-order valence-electron chi connectivity index (χ4n) is 2.43. The van der Waals surface area contributed by atoms with Gasteiger partial charge in [0.05, 0.1) is 16.8 Å². The van der Waals surface area contributed by atoms with E-state index in [-0.39, 0.29) is 5.91 Å². The molecular weight excluding hydrogens is 288 g/mol. The van der Waals surface area contributed by atoms with Gasteiger partial charge in [0.2, 0.25) is 0 Å². The zero-order chi connectivity index (χ0) is 16.2. The van der Waals surface area contributed by atoms with Crippen molar-refractivity contribution in [2.75, 3.05) is 5.32 Å². The second kappa shape index (κ2) is 6.54. The molecule has 2 aromatic heterocycles. The lowest BCUT2D eigenvalue weighted by Crippen LogP contribution is -2.14. The number of nitrogens with two attached hydrogens (primary N) is 1.